The first kappa shape index (κ1) is 15.4. The third-order valence-electron chi connectivity index (χ3n) is 2.70. The van der Waals surface area contributed by atoms with Crippen LogP contribution >= 0.6 is 0 Å². The van der Waals surface area contributed by atoms with Crippen molar-refractivity contribution in [1.82, 2.24) is 0 Å². The van der Waals surface area contributed by atoms with Crippen molar-refractivity contribution in [3.8, 4) is 0 Å². The van der Waals surface area contributed by atoms with Gasteiger partial charge in [0.1, 0.15) is 6.61 Å². The van der Waals surface area contributed by atoms with Gasteiger partial charge in [-0.3, -0.25) is 9.59 Å². The van der Waals surface area contributed by atoms with Gasteiger partial charge in [-0.25, -0.2) is 0 Å². The molecule has 4 heteroatoms. The van der Waals surface area contributed by atoms with Gasteiger partial charge in [0.15, 0.2) is 5.78 Å². The van der Waals surface area contributed by atoms with Crippen LogP contribution in [0.4, 0.5) is 5.69 Å². The lowest BCUT2D eigenvalue weighted by molar-refractivity contribution is -0.120. The fourth-order valence-electron chi connectivity index (χ4n) is 1.60. The van der Waals surface area contributed by atoms with Crippen LogP contribution in [0.5, 0.6) is 0 Å². The lowest BCUT2D eigenvalue weighted by atomic mass is 10.1. The summed E-state index contributed by atoms with van der Waals surface area (Å²) in [6.45, 7) is 4.32. The molecule has 0 aliphatic rings. The highest BCUT2D eigenvalue weighted by Gasteiger charge is 2.03. The Morgan fingerprint density at radius 3 is 2.42 bits per heavy atom. The number of unbranched alkanes of at least 4 members (excludes halogenated alkanes) is 2. The van der Waals surface area contributed by atoms with Crippen LogP contribution in [-0.2, 0) is 9.53 Å². The van der Waals surface area contributed by atoms with E-state index in [-0.39, 0.29) is 18.3 Å². The van der Waals surface area contributed by atoms with Crippen molar-refractivity contribution in [3.63, 3.8) is 0 Å². The second-order valence-corrected chi connectivity index (χ2v) is 4.44. The molecule has 0 unspecified atom stereocenters. The predicted molar refractivity (Wildman–Crippen MR) is 75.4 cm³/mol. The summed E-state index contributed by atoms with van der Waals surface area (Å²) in [7, 11) is 0. The van der Waals surface area contributed by atoms with Crippen LogP contribution < -0.4 is 5.32 Å². The van der Waals surface area contributed by atoms with E-state index in [1.54, 1.807) is 24.3 Å². The van der Waals surface area contributed by atoms with Gasteiger partial charge >= 0.3 is 0 Å². The van der Waals surface area contributed by atoms with Crippen LogP contribution in [0, 0.1) is 0 Å². The molecule has 1 rings (SSSR count). The molecule has 0 aliphatic carbocycles. The summed E-state index contributed by atoms with van der Waals surface area (Å²) in [5.41, 5.74) is 1.31. The number of Topliss-reactive ketones (excluding diaryl/α,β-unsaturated/α-hetero) is 1. The Kier molecular flexibility index (Phi) is 6.82. The van der Waals surface area contributed by atoms with Crippen molar-refractivity contribution >= 4 is 17.4 Å². The highest BCUT2D eigenvalue weighted by atomic mass is 16.5. The largest absolute Gasteiger partial charge is 0.372 e. The molecule has 0 aliphatic heterocycles. The summed E-state index contributed by atoms with van der Waals surface area (Å²) < 4.78 is 5.27. The number of ether oxygens (including phenoxy) is 1. The van der Waals surface area contributed by atoms with Gasteiger partial charge < -0.3 is 10.1 Å². The minimum Gasteiger partial charge on any atom is -0.372 e. The number of hydrogen-bond donors (Lipinski definition) is 1. The molecule has 0 heterocycles. The van der Waals surface area contributed by atoms with Gasteiger partial charge in [0.25, 0.3) is 0 Å². The molecule has 1 aromatic carbocycles. The van der Waals surface area contributed by atoms with Crippen molar-refractivity contribution in [2.75, 3.05) is 18.5 Å². The van der Waals surface area contributed by atoms with Crippen LogP contribution in [0.15, 0.2) is 24.3 Å². The third kappa shape index (κ3) is 6.15. The highest BCUT2D eigenvalue weighted by Crippen LogP contribution is 2.09. The predicted octanol–water partition coefficient (Wildman–Crippen LogP) is 3.03. The molecule has 0 atom stereocenters. The SMILES string of the molecule is CCCCCOCC(=O)Nc1ccc(C(C)=O)cc1. The maximum Gasteiger partial charge on any atom is 0.250 e. The van der Waals surface area contributed by atoms with Gasteiger partial charge in [0.05, 0.1) is 0 Å². The first-order chi connectivity index (χ1) is 9.13. The second-order valence-electron chi connectivity index (χ2n) is 4.44. The molecule has 1 N–H and O–H groups in total. The zero-order valence-electron chi connectivity index (χ0n) is 11.6. The minimum absolute atomic E-state index is 0.0112. The molecule has 0 radical (unpaired) electrons. The lowest BCUT2D eigenvalue weighted by Crippen LogP contribution is -2.18. The van der Waals surface area contributed by atoms with E-state index >= 15 is 0 Å². The first-order valence-electron chi connectivity index (χ1n) is 6.62. The Bertz CT molecular complexity index is 412. The standard InChI is InChI=1S/C15H21NO3/c1-3-4-5-10-19-11-15(18)16-14-8-6-13(7-9-14)12(2)17/h6-9H,3-5,10-11H2,1-2H3,(H,16,18). The molecule has 0 saturated heterocycles. The van der Waals surface area contributed by atoms with Crippen LogP contribution in [0.3, 0.4) is 0 Å². The fourth-order valence-corrected chi connectivity index (χ4v) is 1.60. The Hall–Kier alpha value is -1.68. The molecular formula is C15H21NO3. The molecule has 4 nitrogen and oxygen atoms in total. The Morgan fingerprint density at radius 1 is 1.16 bits per heavy atom. The zero-order chi connectivity index (χ0) is 14.1. The summed E-state index contributed by atoms with van der Waals surface area (Å²) >= 11 is 0. The molecule has 1 amide bonds. The first-order valence-corrected chi connectivity index (χ1v) is 6.62. The van der Waals surface area contributed by atoms with Crippen molar-refractivity contribution in [1.29, 1.82) is 0 Å². The van der Waals surface area contributed by atoms with Crippen molar-refractivity contribution in [2.24, 2.45) is 0 Å². The van der Waals surface area contributed by atoms with E-state index in [4.69, 9.17) is 4.74 Å². The molecule has 104 valence electrons. The van der Waals surface area contributed by atoms with E-state index < -0.39 is 0 Å². The van der Waals surface area contributed by atoms with Crippen molar-refractivity contribution in [2.45, 2.75) is 33.1 Å². The fraction of sp³-hybridized carbons (Fsp3) is 0.467. The van der Waals surface area contributed by atoms with Gasteiger partial charge in [0.2, 0.25) is 5.91 Å². The summed E-state index contributed by atoms with van der Waals surface area (Å²) in [6.07, 6.45) is 3.24. The Labute approximate surface area is 114 Å². The monoisotopic (exact) mass is 263 g/mol. The molecule has 1 aromatic rings. The number of carbonyl (C=O) groups excluding carboxylic acids is 2. The molecular weight excluding hydrogens is 242 g/mol. The quantitative estimate of drug-likeness (QED) is 0.579. The highest BCUT2D eigenvalue weighted by molar-refractivity contribution is 5.95. The normalized spacial score (nSPS) is 10.2. The second kappa shape index (κ2) is 8.43. The van der Waals surface area contributed by atoms with E-state index in [0.717, 1.165) is 19.3 Å². The number of benzene rings is 1. The van der Waals surface area contributed by atoms with E-state index in [0.29, 0.717) is 17.9 Å². The molecule has 19 heavy (non-hydrogen) atoms. The van der Waals surface area contributed by atoms with E-state index in [1.165, 1.54) is 6.92 Å². The van der Waals surface area contributed by atoms with Gasteiger partial charge in [-0.2, -0.15) is 0 Å². The maximum atomic E-state index is 11.6. The average molecular weight is 263 g/mol. The van der Waals surface area contributed by atoms with Crippen LogP contribution in [0.25, 0.3) is 0 Å². The number of carbonyl (C=O) groups is 2. The lowest BCUT2D eigenvalue weighted by Gasteiger charge is -2.06. The Morgan fingerprint density at radius 2 is 1.84 bits per heavy atom. The molecule has 0 aromatic heterocycles. The summed E-state index contributed by atoms with van der Waals surface area (Å²) in [5.74, 6) is -0.163. The van der Waals surface area contributed by atoms with Crippen LogP contribution in [0.2, 0.25) is 0 Å². The molecule has 0 bridgehead atoms. The van der Waals surface area contributed by atoms with Gasteiger partial charge in [0, 0.05) is 17.9 Å². The molecule has 0 fully saturated rings. The Balaban J connectivity index is 2.30. The van der Waals surface area contributed by atoms with Crippen LogP contribution in [0.1, 0.15) is 43.5 Å². The average Bonchev–Trinajstić information content (AvgIpc) is 2.39. The van der Waals surface area contributed by atoms with Gasteiger partial charge in [-0.15, -0.1) is 0 Å². The summed E-state index contributed by atoms with van der Waals surface area (Å²) in [4.78, 5) is 22.7. The number of amides is 1. The van der Waals surface area contributed by atoms with E-state index in [9.17, 15) is 9.59 Å². The summed E-state index contributed by atoms with van der Waals surface area (Å²) in [6, 6.07) is 6.82. The number of rotatable bonds is 8. The third-order valence-corrected chi connectivity index (χ3v) is 2.70. The van der Waals surface area contributed by atoms with Gasteiger partial charge in [-0.1, -0.05) is 19.8 Å². The zero-order valence-corrected chi connectivity index (χ0v) is 11.6. The minimum atomic E-state index is -0.174. The number of anilines is 1. The molecule has 0 saturated carbocycles. The number of nitrogens with one attached hydrogen (secondary N) is 1. The molecule has 0 spiro atoms. The smallest absolute Gasteiger partial charge is 0.250 e. The van der Waals surface area contributed by atoms with Crippen LogP contribution in [-0.4, -0.2) is 24.9 Å². The number of hydrogen-bond acceptors (Lipinski definition) is 3. The van der Waals surface area contributed by atoms with Crippen molar-refractivity contribution < 1.29 is 14.3 Å². The van der Waals surface area contributed by atoms with E-state index in [1.807, 2.05) is 0 Å². The van der Waals surface area contributed by atoms with E-state index in [2.05, 4.69) is 12.2 Å². The number of ketones is 1. The summed E-state index contributed by atoms with van der Waals surface area (Å²) in [5, 5.41) is 2.72. The van der Waals surface area contributed by atoms with Gasteiger partial charge in [-0.05, 0) is 37.6 Å². The topological polar surface area (TPSA) is 55.4 Å². The van der Waals surface area contributed by atoms with Crippen molar-refractivity contribution in [3.05, 3.63) is 29.8 Å². The maximum absolute atomic E-state index is 11.6.